The number of thioether (sulfide) groups is 1. The first kappa shape index (κ1) is 25.3. The highest BCUT2D eigenvalue weighted by Crippen LogP contribution is 2.41. The van der Waals surface area contributed by atoms with Gasteiger partial charge < -0.3 is 10.0 Å². The first-order valence-corrected chi connectivity index (χ1v) is 14.7. The van der Waals surface area contributed by atoms with E-state index in [0.29, 0.717) is 27.1 Å². The van der Waals surface area contributed by atoms with Gasteiger partial charge in [0, 0.05) is 53.6 Å². The maximum absolute atomic E-state index is 13.9. The Hall–Kier alpha value is -3.98. The molecule has 4 aromatic carbocycles. The molecule has 0 aliphatic rings. The third-order valence-corrected chi connectivity index (χ3v) is 10.2. The van der Waals surface area contributed by atoms with Crippen LogP contribution in [0.15, 0.2) is 101 Å². The summed E-state index contributed by atoms with van der Waals surface area (Å²) in [6, 6.07) is 28.1. The predicted molar refractivity (Wildman–Crippen MR) is 163 cm³/mol. The maximum Gasteiger partial charge on any atom is 0.335 e. The number of aromatic carboxylic acids is 1. The van der Waals surface area contributed by atoms with Gasteiger partial charge in [-0.25, -0.2) is 4.79 Å². The van der Waals surface area contributed by atoms with E-state index in [1.807, 2.05) is 66.7 Å². The zero-order chi connectivity index (χ0) is 27.1. The highest BCUT2D eigenvalue weighted by atomic mass is 32.2. The molecule has 1 N–H and O–H groups in total. The second kappa shape index (κ2) is 10.3. The Morgan fingerprint density at radius 2 is 1.54 bits per heavy atom. The van der Waals surface area contributed by atoms with Crippen molar-refractivity contribution in [3.8, 4) is 0 Å². The van der Waals surface area contributed by atoms with E-state index in [2.05, 4.69) is 0 Å². The van der Waals surface area contributed by atoms with Crippen LogP contribution < -0.4 is 10.3 Å². The lowest BCUT2D eigenvalue weighted by atomic mass is 10.1. The number of carboxylic acid groups (broad SMARTS) is 1. The van der Waals surface area contributed by atoms with Crippen molar-refractivity contribution in [1.82, 2.24) is 0 Å². The van der Waals surface area contributed by atoms with Crippen LogP contribution in [-0.2, 0) is 5.75 Å². The summed E-state index contributed by atoms with van der Waals surface area (Å²) >= 11 is 4.41. The fourth-order valence-corrected chi connectivity index (χ4v) is 8.08. The number of hydrogen-bond donors (Lipinski definition) is 1. The van der Waals surface area contributed by atoms with Crippen LogP contribution in [0.25, 0.3) is 30.3 Å². The molecule has 6 aromatic rings. The zero-order valence-corrected chi connectivity index (χ0v) is 23.2. The lowest BCUT2D eigenvalue weighted by molar-refractivity contribution is 0.0697. The van der Waals surface area contributed by atoms with Crippen molar-refractivity contribution in [3.63, 3.8) is 0 Å². The third-order valence-electron chi connectivity index (χ3n) is 6.56. The Kier molecular flexibility index (Phi) is 6.68. The number of carboxylic acids is 1. The smallest absolute Gasteiger partial charge is 0.335 e. The van der Waals surface area contributed by atoms with Gasteiger partial charge in [-0.1, -0.05) is 48.5 Å². The van der Waals surface area contributed by atoms with Gasteiger partial charge >= 0.3 is 5.97 Å². The molecule has 39 heavy (non-hydrogen) atoms. The first-order chi connectivity index (χ1) is 18.9. The highest BCUT2D eigenvalue weighted by Gasteiger charge is 2.24. The monoisotopic (exact) mass is 567 g/mol. The molecule has 0 aliphatic heterocycles. The number of benzene rings is 4. The second-order valence-corrected chi connectivity index (χ2v) is 12.1. The Labute approximate surface area is 236 Å². The molecule has 1 amide bonds. The molecule has 0 bridgehead atoms. The number of hydrogen-bond acceptors (Lipinski definition) is 6. The van der Waals surface area contributed by atoms with Gasteiger partial charge in [0.25, 0.3) is 5.91 Å². The summed E-state index contributed by atoms with van der Waals surface area (Å²) in [7, 11) is 1.71. The molecule has 8 heteroatoms. The summed E-state index contributed by atoms with van der Waals surface area (Å²) in [6.07, 6.45) is 0. The van der Waals surface area contributed by atoms with E-state index in [1.54, 1.807) is 59.3 Å². The summed E-state index contributed by atoms with van der Waals surface area (Å²) in [5, 5.41) is 11.6. The van der Waals surface area contributed by atoms with Crippen LogP contribution in [-0.4, -0.2) is 24.0 Å². The predicted octanol–water partition coefficient (Wildman–Crippen LogP) is 7.90. The normalized spacial score (nSPS) is 11.3. The molecule has 0 saturated carbocycles. The minimum Gasteiger partial charge on any atom is -0.478 e. The molecular weight excluding hydrogens is 547 g/mol. The van der Waals surface area contributed by atoms with Crippen molar-refractivity contribution in [3.05, 3.63) is 117 Å². The molecular formula is C31H21NO4S3. The van der Waals surface area contributed by atoms with Crippen LogP contribution in [0.4, 0.5) is 5.69 Å². The first-order valence-electron chi connectivity index (χ1n) is 12.1. The van der Waals surface area contributed by atoms with E-state index in [9.17, 15) is 19.5 Å². The minimum absolute atomic E-state index is 0.0517. The molecule has 0 spiro atoms. The lowest BCUT2D eigenvalue weighted by Crippen LogP contribution is -2.26. The number of rotatable bonds is 6. The molecule has 2 aromatic heterocycles. The number of anilines is 1. The minimum atomic E-state index is -1.01. The summed E-state index contributed by atoms with van der Waals surface area (Å²) in [5.41, 5.74) is 1.88. The van der Waals surface area contributed by atoms with Crippen molar-refractivity contribution < 1.29 is 14.7 Å². The molecule has 0 radical (unpaired) electrons. The topological polar surface area (TPSA) is 74.7 Å². The summed E-state index contributed by atoms with van der Waals surface area (Å²) < 4.78 is 2.54. The average molecular weight is 568 g/mol. The summed E-state index contributed by atoms with van der Waals surface area (Å²) in [5.74, 6) is -0.548. The van der Waals surface area contributed by atoms with Crippen LogP contribution in [0.2, 0.25) is 0 Å². The standard InChI is InChI=1S/C31H21NO4S3/c1-32(20-12-14-25-23(16-20)27(33)21-9-5-6-10-24(21)38-25)30(34)29-28(37-17-18-7-3-2-4-8-18)22-13-11-19(31(35)36)15-26(22)39-29/h2-16H,17H2,1H3,(H,35,36). The average Bonchev–Trinajstić information content (AvgIpc) is 3.33. The SMILES string of the molecule is CN(C(=O)c1sc2cc(C(=O)O)ccc2c1SCc1ccccc1)c1ccc2sc3ccccc3c(=O)c2c1. The van der Waals surface area contributed by atoms with Crippen LogP contribution in [0.5, 0.6) is 0 Å². The maximum atomic E-state index is 13.9. The molecule has 2 heterocycles. The molecule has 0 fully saturated rings. The van der Waals surface area contributed by atoms with Crippen molar-refractivity contribution in [2.24, 2.45) is 0 Å². The van der Waals surface area contributed by atoms with Gasteiger partial charge in [0.1, 0.15) is 4.88 Å². The molecule has 6 rings (SSSR count). The number of thiophene rings is 1. The van der Waals surface area contributed by atoms with Crippen LogP contribution in [0.1, 0.15) is 25.6 Å². The Balaban J connectivity index is 1.42. The van der Waals surface area contributed by atoms with Gasteiger partial charge in [-0.05, 0) is 48.0 Å². The van der Waals surface area contributed by atoms with Gasteiger partial charge in [0.15, 0.2) is 5.43 Å². The van der Waals surface area contributed by atoms with Gasteiger partial charge in [0.2, 0.25) is 0 Å². The van der Waals surface area contributed by atoms with Gasteiger partial charge in [-0.15, -0.1) is 34.4 Å². The van der Waals surface area contributed by atoms with E-state index in [-0.39, 0.29) is 16.9 Å². The quantitative estimate of drug-likeness (QED) is 0.164. The van der Waals surface area contributed by atoms with Crippen LogP contribution in [0, 0.1) is 0 Å². The molecule has 0 aliphatic carbocycles. The van der Waals surface area contributed by atoms with Crippen LogP contribution >= 0.6 is 34.4 Å². The Morgan fingerprint density at radius 3 is 2.33 bits per heavy atom. The van der Waals surface area contributed by atoms with E-state index < -0.39 is 5.97 Å². The lowest BCUT2D eigenvalue weighted by Gasteiger charge is -2.18. The second-order valence-electron chi connectivity index (χ2n) is 9.02. The number of amides is 1. The van der Waals surface area contributed by atoms with E-state index in [1.165, 1.54) is 11.3 Å². The molecule has 0 atom stereocenters. The highest BCUT2D eigenvalue weighted by molar-refractivity contribution is 7.99. The van der Waals surface area contributed by atoms with E-state index >= 15 is 0 Å². The number of nitrogens with zero attached hydrogens (tertiary/aromatic N) is 1. The fraction of sp³-hybridized carbons (Fsp3) is 0.0645. The fourth-order valence-electron chi connectivity index (χ4n) is 4.49. The van der Waals surface area contributed by atoms with Gasteiger partial charge in [0.05, 0.1) is 5.56 Å². The van der Waals surface area contributed by atoms with Crippen molar-refractivity contribution in [2.75, 3.05) is 11.9 Å². The molecule has 0 unspecified atom stereocenters. The Morgan fingerprint density at radius 1 is 0.795 bits per heavy atom. The van der Waals surface area contributed by atoms with Crippen molar-refractivity contribution >= 4 is 82.3 Å². The van der Waals surface area contributed by atoms with Crippen LogP contribution in [0.3, 0.4) is 0 Å². The number of carbonyl (C=O) groups is 2. The third kappa shape index (κ3) is 4.71. The van der Waals surface area contributed by atoms with Crippen molar-refractivity contribution in [1.29, 1.82) is 0 Å². The van der Waals surface area contributed by atoms with E-state index in [0.717, 1.165) is 29.9 Å². The van der Waals surface area contributed by atoms with Gasteiger partial charge in [-0.2, -0.15) is 0 Å². The number of carbonyl (C=O) groups excluding carboxylic acids is 1. The summed E-state index contributed by atoms with van der Waals surface area (Å²) in [4.78, 5) is 41.7. The molecule has 192 valence electrons. The van der Waals surface area contributed by atoms with Crippen molar-refractivity contribution in [2.45, 2.75) is 10.6 Å². The Bertz CT molecular complexity index is 1960. The summed E-state index contributed by atoms with van der Waals surface area (Å²) in [6.45, 7) is 0. The molecule has 0 saturated heterocycles. The largest absolute Gasteiger partial charge is 0.478 e. The number of fused-ring (bicyclic) bond motifs is 3. The zero-order valence-electron chi connectivity index (χ0n) is 20.7. The van der Waals surface area contributed by atoms with Gasteiger partial charge in [-0.3, -0.25) is 9.59 Å². The van der Waals surface area contributed by atoms with E-state index in [4.69, 9.17) is 0 Å². The molecule has 5 nitrogen and oxygen atoms in total.